The van der Waals surface area contributed by atoms with Crippen LogP contribution in [0.25, 0.3) is 0 Å². The van der Waals surface area contributed by atoms with Gasteiger partial charge in [-0.3, -0.25) is 4.79 Å². The minimum absolute atomic E-state index is 0.0333. The van der Waals surface area contributed by atoms with E-state index in [2.05, 4.69) is 0 Å². The zero-order valence-corrected chi connectivity index (χ0v) is 11.4. The van der Waals surface area contributed by atoms with E-state index in [-0.39, 0.29) is 15.5 Å². The van der Waals surface area contributed by atoms with Crippen LogP contribution in [0, 0.1) is 0 Å². The maximum atomic E-state index is 11.7. The number of carbonyl (C=O) groups is 2. The van der Waals surface area contributed by atoms with Gasteiger partial charge < -0.3 is 10.5 Å². The third-order valence-electron chi connectivity index (χ3n) is 2.17. The van der Waals surface area contributed by atoms with Crippen LogP contribution in [0.5, 0.6) is 0 Å². The molecule has 1 aromatic carbocycles. The van der Waals surface area contributed by atoms with Crippen LogP contribution in [0.2, 0.25) is 5.02 Å². The Kier molecular flexibility index (Phi) is 4.51. The molecule has 0 saturated heterocycles. The number of hydrogen-bond acceptors (Lipinski definition) is 5. The van der Waals surface area contributed by atoms with Crippen molar-refractivity contribution < 1.29 is 22.7 Å². The van der Waals surface area contributed by atoms with Crippen molar-refractivity contribution in [1.29, 1.82) is 0 Å². The highest BCUT2D eigenvalue weighted by atomic mass is 35.5. The van der Waals surface area contributed by atoms with Gasteiger partial charge in [-0.1, -0.05) is 11.6 Å². The molecule has 0 fully saturated rings. The third-order valence-corrected chi connectivity index (χ3v) is 3.41. The van der Waals surface area contributed by atoms with Crippen LogP contribution >= 0.6 is 11.6 Å². The SMILES string of the molecule is C[C@@H](OC(=O)c1cc(S(N)(=O)=O)ccc1Cl)C(N)=O. The molecule has 104 valence electrons. The van der Waals surface area contributed by atoms with Crippen molar-refractivity contribution in [3.8, 4) is 0 Å². The Hall–Kier alpha value is -1.64. The van der Waals surface area contributed by atoms with Gasteiger partial charge in [-0.05, 0) is 25.1 Å². The van der Waals surface area contributed by atoms with Crippen molar-refractivity contribution in [2.75, 3.05) is 0 Å². The van der Waals surface area contributed by atoms with Crippen LogP contribution < -0.4 is 10.9 Å². The summed E-state index contributed by atoms with van der Waals surface area (Å²) >= 11 is 5.75. The average Bonchev–Trinajstić information content (AvgIpc) is 2.27. The zero-order valence-electron chi connectivity index (χ0n) is 9.79. The zero-order chi connectivity index (χ0) is 14.8. The van der Waals surface area contributed by atoms with Crippen LogP contribution in [0.15, 0.2) is 23.1 Å². The van der Waals surface area contributed by atoms with Gasteiger partial charge in [0.1, 0.15) is 0 Å². The quantitative estimate of drug-likeness (QED) is 0.757. The molecule has 19 heavy (non-hydrogen) atoms. The number of amides is 1. The first kappa shape index (κ1) is 15.4. The van der Waals surface area contributed by atoms with Crippen molar-refractivity contribution in [3.05, 3.63) is 28.8 Å². The van der Waals surface area contributed by atoms with Gasteiger partial charge in [0, 0.05) is 0 Å². The summed E-state index contributed by atoms with van der Waals surface area (Å²) in [7, 11) is -3.98. The molecular weight excluding hydrogens is 296 g/mol. The monoisotopic (exact) mass is 306 g/mol. The van der Waals surface area contributed by atoms with Gasteiger partial charge in [0.05, 0.1) is 15.5 Å². The molecule has 0 saturated carbocycles. The molecule has 9 heteroatoms. The van der Waals surface area contributed by atoms with Crippen LogP contribution in [0.1, 0.15) is 17.3 Å². The van der Waals surface area contributed by atoms with E-state index in [4.69, 9.17) is 27.2 Å². The Bertz CT molecular complexity index is 629. The number of halogens is 1. The Balaban J connectivity index is 3.13. The van der Waals surface area contributed by atoms with Gasteiger partial charge in [0.25, 0.3) is 5.91 Å². The molecule has 0 aliphatic carbocycles. The molecule has 0 aromatic heterocycles. The molecule has 4 N–H and O–H groups in total. The molecule has 1 amide bonds. The fraction of sp³-hybridized carbons (Fsp3) is 0.200. The number of nitrogens with two attached hydrogens (primary N) is 2. The number of esters is 1. The molecule has 0 unspecified atom stereocenters. The number of primary sulfonamides is 1. The highest BCUT2D eigenvalue weighted by Crippen LogP contribution is 2.21. The minimum Gasteiger partial charge on any atom is -0.449 e. The molecule has 7 nitrogen and oxygen atoms in total. The summed E-state index contributed by atoms with van der Waals surface area (Å²) in [5, 5.41) is 4.89. The lowest BCUT2D eigenvalue weighted by Gasteiger charge is -2.11. The molecular formula is C10H11ClN2O5S. The van der Waals surface area contributed by atoms with Crippen molar-refractivity contribution in [1.82, 2.24) is 0 Å². The van der Waals surface area contributed by atoms with Crippen LogP contribution in [-0.2, 0) is 19.6 Å². The van der Waals surface area contributed by atoms with E-state index < -0.39 is 28.0 Å². The maximum Gasteiger partial charge on any atom is 0.340 e. The van der Waals surface area contributed by atoms with E-state index in [1.807, 2.05) is 0 Å². The van der Waals surface area contributed by atoms with Crippen molar-refractivity contribution in [2.45, 2.75) is 17.9 Å². The number of hydrogen-bond donors (Lipinski definition) is 2. The molecule has 0 aliphatic heterocycles. The fourth-order valence-electron chi connectivity index (χ4n) is 1.12. The third kappa shape index (κ3) is 3.91. The second kappa shape index (κ2) is 5.55. The van der Waals surface area contributed by atoms with Crippen molar-refractivity contribution >= 4 is 33.5 Å². The maximum absolute atomic E-state index is 11.7. The highest BCUT2D eigenvalue weighted by molar-refractivity contribution is 7.89. The average molecular weight is 307 g/mol. The first-order chi connectivity index (χ1) is 8.62. The minimum atomic E-state index is -3.98. The second-order valence-corrected chi connectivity index (χ2v) is 5.61. The van der Waals surface area contributed by atoms with Gasteiger partial charge in [0.15, 0.2) is 6.10 Å². The Morgan fingerprint density at radius 3 is 2.42 bits per heavy atom. The topological polar surface area (TPSA) is 130 Å². The summed E-state index contributed by atoms with van der Waals surface area (Å²) in [5.41, 5.74) is 4.71. The van der Waals surface area contributed by atoms with Gasteiger partial charge >= 0.3 is 5.97 Å². The Morgan fingerprint density at radius 2 is 1.95 bits per heavy atom. The normalized spacial score (nSPS) is 12.8. The lowest BCUT2D eigenvalue weighted by molar-refractivity contribution is -0.125. The Morgan fingerprint density at radius 1 is 1.37 bits per heavy atom. The molecule has 0 bridgehead atoms. The molecule has 1 atom stereocenters. The first-order valence-electron chi connectivity index (χ1n) is 4.95. The van der Waals surface area contributed by atoms with Gasteiger partial charge in [-0.25, -0.2) is 18.4 Å². The highest BCUT2D eigenvalue weighted by Gasteiger charge is 2.20. The summed E-state index contributed by atoms with van der Waals surface area (Å²) in [6, 6.07) is 3.30. The number of rotatable bonds is 4. The van der Waals surface area contributed by atoms with Gasteiger partial charge in [-0.2, -0.15) is 0 Å². The van der Waals surface area contributed by atoms with Gasteiger partial charge in [0.2, 0.25) is 10.0 Å². The summed E-state index contributed by atoms with van der Waals surface area (Å²) in [4.78, 5) is 22.2. The lowest BCUT2D eigenvalue weighted by atomic mass is 10.2. The standard InChI is InChI=1S/C10H11ClN2O5S/c1-5(9(12)14)18-10(15)7-4-6(19(13,16)17)2-3-8(7)11/h2-5H,1H3,(H2,12,14)(H2,13,16,17)/t5-/m1/s1. The molecule has 0 aliphatic rings. The number of ether oxygens (including phenoxy) is 1. The Labute approximate surface area is 114 Å². The van der Waals surface area contributed by atoms with Crippen LogP contribution in [0.3, 0.4) is 0 Å². The van der Waals surface area contributed by atoms with Crippen LogP contribution in [0.4, 0.5) is 0 Å². The first-order valence-corrected chi connectivity index (χ1v) is 6.88. The predicted molar refractivity (Wildman–Crippen MR) is 66.9 cm³/mol. The van der Waals surface area contributed by atoms with Crippen LogP contribution in [-0.4, -0.2) is 26.4 Å². The number of carbonyl (C=O) groups excluding carboxylic acids is 2. The number of benzene rings is 1. The summed E-state index contributed by atoms with van der Waals surface area (Å²) in [5.74, 6) is -1.81. The smallest absolute Gasteiger partial charge is 0.340 e. The molecule has 0 heterocycles. The largest absolute Gasteiger partial charge is 0.449 e. The van der Waals surface area contributed by atoms with E-state index in [1.165, 1.54) is 13.0 Å². The van der Waals surface area contributed by atoms with E-state index >= 15 is 0 Å². The second-order valence-electron chi connectivity index (χ2n) is 3.64. The molecule has 1 rings (SSSR count). The fourth-order valence-corrected chi connectivity index (χ4v) is 1.85. The van der Waals surface area contributed by atoms with E-state index in [9.17, 15) is 18.0 Å². The number of primary amides is 1. The van der Waals surface area contributed by atoms with E-state index in [0.29, 0.717) is 0 Å². The predicted octanol–water partition coefficient (Wildman–Crippen LogP) is 0.0180. The van der Waals surface area contributed by atoms with Crippen molar-refractivity contribution in [2.24, 2.45) is 10.9 Å². The lowest BCUT2D eigenvalue weighted by Crippen LogP contribution is -2.30. The summed E-state index contributed by atoms with van der Waals surface area (Å²) in [6.45, 7) is 1.28. The van der Waals surface area contributed by atoms with E-state index in [0.717, 1.165) is 12.1 Å². The van der Waals surface area contributed by atoms with Crippen molar-refractivity contribution in [3.63, 3.8) is 0 Å². The molecule has 0 radical (unpaired) electrons. The van der Waals surface area contributed by atoms with E-state index in [1.54, 1.807) is 0 Å². The summed E-state index contributed by atoms with van der Waals surface area (Å²) in [6.07, 6.45) is -1.17. The number of sulfonamides is 1. The summed E-state index contributed by atoms with van der Waals surface area (Å²) < 4.78 is 27.0. The van der Waals surface area contributed by atoms with Gasteiger partial charge in [-0.15, -0.1) is 0 Å². The molecule has 1 aromatic rings. The molecule has 0 spiro atoms.